The smallest absolute Gasteiger partial charge is 0.260 e. The average Bonchev–Trinajstić information content (AvgIpc) is 2.61. The van der Waals surface area contributed by atoms with Gasteiger partial charge in [0.15, 0.2) is 0 Å². The maximum atomic E-state index is 12.1. The van der Waals surface area contributed by atoms with E-state index in [1.807, 2.05) is 0 Å². The van der Waals surface area contributed by atoms with E-state index in [1.165, 1.54) is 13.3 Å². The van der Waals surface area contributed by atoms with Gasteiger partial charge < -0.3 is 4.74 Å². The molecule has 0 saturated heterocycles. The van der Waals surface area contributed by atoms with Gasteiger partial charge in [-0.05, 0) is 36.4 Å². The summed E-state index contributed by atoms with van der Waals surface area (Å²) < 4.78 is 30.1. The summed E-state index contributed by atoms with van der Waals surface area (Å²) in [7, 11) is -2.18. The number of sulfonamides is 1. The van der Waals surface area contributed by atoms with Crippen LogP contribution < -0.4 is 14.5 Å². The minimum atomic E-state index is -3.68. The van der Waals surface area contributed by atoms with Crippen LogP contribution in [0.2, 0.25) is 10.0 Å². The molecule has 144 valence electrons. The number of hydrogen-bond acceptors (Lipinski definition) is 5. The highest BCUT2D eigenvalue weighted by Gasteiger charge is 2.20. The van der Waals surface area contributed by atoms with Crippen molar-refractivity contribution in [3.8, 4) is 5.75 Å². The number of nitrogens with one attached hydrogen (secondary N) is 1. The normalized spacial score (nSPS) is 11.4. The van der Waals surface area contributed by atoms with E-state index >= 15 is 0 Å². The zero-order valence-electron chi connectivity index (χ0n) is 14.5. The van der Waals surface area contributed by atoms with Gasteiger partial charge in [0.1, 0.15) is 12.3 Å². The summed E-state index contributed by atoms with van der Waals surface area (Å²) in [6, 6.07) is 11.1. The molecule has 0 saturated carbocycles. The molecule has 0 aliphatic heterocycles. The lowest BCUT2D eigenvalue weighted by Crippen LogP contribution is -2.39. The van der Waals surface area contributed by atoms with Crippen LogP contribution in [0.5, 0.6) is 5.75 Å². The van der Waals surface area contributed by atoms with E-state index in [9.17, 15) is 13.2 Å². The molecule has 0 bridgehead atoms. The van der Waals surface area contributed by atoms with Crippen molar-refractivity contribution in [2.24, 2.45) is 5.10 Å². The summed E-state index contributed by atoms with van der Waals surface area (Å²) in [5.74, 6) is -0.0429. The van der Waals surface area contributed by atoms with Gasteiger partial charge in [-0.3, -0.25) is 9.10 Å². The Labute approximate surface area is 167 Å². The Balaban J connectivity index is 2.08. The predicted octanol–water partition coefficient (Wildman–Crippen LogP) is 2.92. The Kier molecular flexibility index (Phi) is 7.06. The van der Waals surface area contributed by atoms with Gasteiger partial charge in [-0.2, -0.15) is 5.10 Å². The molecule has 27 heavy (non-hydrogen) atoms. The topological polar surface area (TPSA) is 88.1 Å². The van der Waals surface area contributed by atoms with Crippen LogP contribution in [-0.4, -0.2) is 40.4 Å². The maximum Gasteiger partial charge on any atom is 0.260 e. The number of carbonyl (C=O) groups is 1. The largest absolute Gasteiger partial charge is 0.497 e. The first-order valence-corrected chi connectivity index (χ1v) is 10.2. The number of nitrogens with zero attached hydrogens (tertiary/aromatic N) is 2. The Morgan fingerprint density at radius 3 is 2.44 bits per heavy atom. The van der Waals surface area contributed by atoms with Crippen LogP contribution >= 0.6 is 23.2 Å². The number of anilines is 1. The van der Waals surface area contributed by atoms with Gasteiger partial charge >= 0.3 is 0 Å². The van der Waals surface area contributed by atoms with Gasteiger partial charge in [-0.25, -0.2) is 13.8 Å². The monoisotopic (exact) mass is 429 g/mol. The van der Waals surface area contributed by atoms with E-state index in [2.05, 4.69) is 10.5 Å². The SMILES string of the molecule is COc1ccc(N(CC(=O)N/N=C\c2ccc(Cl)cc2Cl)S(C)(=O)=O)cc1. The van der Waals surface area contributed by atoms with Crippen molar-refractivity contribution in [1.82, 2.24) is 5.43 Å². The second kappa shape index (κ2) is 9.07. The highest BCUT2D eigenvalue weighted by atomic mass is 35.5. The molecule has 0 aliphatic rings. The minimum Gasteiger partial charge on any atom is -0.497 e. The second-order valence-electron chi connectivity index (χ2n) is 5.43. The second-order valence-corrected chi connectivity index (χ2v) is 8.18. The molecule has 7 nitrogen and oxygen atoms in total. The van der Waals surface area contributed by atoms with Crippen LogP contribution in [0.3, 0.4) is 0 Å². The van der Waals surface area contributed by atoms with Crippen LogP contribution in [0.25, 0.3) is 0 Å². The van der Waals surface area contributed by atoms with E-state index in [4.69, 9.17) is 27.9 Å². The van der Waals surface area contributed by atoms with Crippen molar-refractivity contribution in [3.63, 3.8) is 0 Å². The summed E-state index contributed by atoms with van der Waals surface area (Å²) in [6.07, 6.45) is 2.36. The lowest BCUT2D eigenvalue weighted by atomic mass is 10.2. The summed E-state index contributed by atoms with van der Waals surface area (Å²) >= 11 is 11.8. The third-order valence-electron chi connectivity index (χ3n) is 3.40. The van der Waals surface area contributed by atoms with Crippen LogP contribution in [0.15, 0.2) is 47.6 Å². The van der Waals surface area contributed by atoms with E-state index in [0.717, 1.165) is 10.6 Å². The molecule has 0 unspecified atom stereocenters. The van der Waals surface area contributed by atoms with Gasteiger partial charge in [0.25, 0.3) is 5.91 Å². The van der Waals surface area contributed by atoms with Crippen molar-refractivity contribution < 1.29 is 17.9 Å². The first-order valence-electron chi connectivity index (χ1n) is 7.59. The molecule has 0 fully saturated rings. The third-order valence-corrected chi connectivity index (χ3v) is 5.11. The quantitative estimate of drug-likeness (QED) is 0.541. The van der Waals surface area contributed by atoms with Gasteiger partial charge in [-0.1, -0.05) is 29.3 Å². The van der Waals surface area contributed by atoms with Crippen molar-refractivity contribution in [3.05, 3.63) is 58.1 Å². The van der Waals surface area contributed by atoms with E-state index < -0.39 is 22.5 Å². The predicted molar refractivity (Wildman–Crippen MR) is 107 cm³/mol. The summed E-state index contributed by atoms with van der Waals surface area (Å²) in [5.41, 5.74) is 3.16. The molecule has 1 N–H and O–H groups in total. The molecule has 0 spiro atoms. The number of amides is 1. The molecule has 2 rings (SSSR count). The van der Waals surface area contributed by atoms with E-state index in [1.54, 1.807) is 42.5 Å². The Morgan fingerprint density at radius 2 is 1.89 bits per heavy atom. The number of rotatable bonds is 7. The van der Waals surface area contributed by atoms with E-state index in [0.29, 0.717) is 27.0 Å². The summed E-state index contributed by atoms with van der Waals surface area (Å²) in [5, 5.41) is 4.64. The summed E-state index contributed by atoms with van der Waals surface area (Å²) in [4.78, 5) is 12.1. The van der Waals surface area contributed by atoms with Crippen LogP contribution in [0.1, 0.15) is 5.56 Å². The molecule has 0 atom stereocenters. The molecule has 1 amide bonds. The Hall–Kier alpha value is -2.29. The third kappa shape index (κ3) is 6.13. The molecule has 10 heteroatoms. The first kappa shape index (κ1) is 21.0. The lowest BCUT2D eigenvalue weighted by Gasteiger charge is -2.21. The number of methoxy groups -OCH3 is 1. The lowest BCUT2D eigenvalue weighted by molar-refractivity contribution is -0.119. The number of hydrogen-bond donors (Lipinski definition) is 1. The number of halogens is 2. The Bertz CT molecular complexity index is 947. The van der Waals surface area contributed by atoms with Gasteiger partial charge in [0.05, 0.1) is 30.3 Å². The standard InChI is InChI=1S/C17H17Cl2N3O4S/c1-26-15-7-5-14(6-8-15)22(27(2,24)25)11-17(23)21-20-10-12-3-4-13(18)9-16(12)19/h3-10H,11H2,1-2H3,(H,21,23)/b20-10-. The van der Waals surface area contributed by atoms with Crippen molar-refractivity contribution in [1.29, 1.82) is 0 Å². The average molecular weight is 430 g/mol. The number of ether oxygens (including phenoxy) is 1. The van der Waals surface area contributed by atoms with Gasteiger partial charge in [0, 0.05) is 10.6 Å². The first-order chi connectivity index (χ1) is 12.7. The van der Waals surface area contributed by atoms with Crippen molar-refractivity contribution in [2.45, 2.75) is 0 Å². The fraction of sp³-hybridized carbons (Fsp3) is 0.176. The molecule has 2 aromatic carbocycles. The summed E-state index contributed by atoms with van der Waals surface area (Å²) in [6.45, 7) is -0.434. The fourth-order valence-corrected chi connectivity index (χ4v) is 3.41. The van der Waals surface area contributed by atoms with Crippen molar-refractivity contribution >= 4 is 51.0 Å². The zero-order valence-corrected chi connectivity index (χ0v) is 16.8. The molecule has 0 aromatic heterocycles. The Morgan fingerprint density at radius 1 is 1.22 bits per heavy atom. The number of carbonyl (C=O) groups excluding carboxylic acids is 1. The molecule has 0 aliphatic carbocycles. The molecule has 2 aromatic rings. The molecular formula is C17H17Cl2N3O4S. The highest BCUT2D eigenvalue weighted by Crippen LogP contribution is 2.21. The zero-order chi connectivity index (χ0) is 20.0. The van der Waals surface area contributed by atoms with Crippen LogP contribution in [0.4, 0.5) is 5.69 Å². The van der Waals surface area contributed by atoms with Crippen molar-refractivity contribution in [2.75, 3.05) is 24.2 Å². The molecule has 0 heterocycles. The highest BCUT2D eigenvalue weighted by molar-refractivity contribution is 7.92. The van der Waals surface area contributed by atoms with Crippen LogP contribution in [-0.2, 0) is 14.8 Å². The van der Waals surface area contributed by atoms with Crippen LogP contribution in [0, 0.1) is 0 Å². The molecule has 0 radical (unpaired) electrons. The number of hydrazone groups is 1. The molecular weight excluding hydrogens is 413 g/mol. The van der Waals surface area contributed by atoms with Gasteiger partial charge in [0.2, 0.25) is 10.0 Å². The van der Waals surface area contributed by atoms with Gasteiger partial charge in [-0.15, -0.1) is 0 Å². The fourth-order valence-electron chi connectivity index (χ4n) is 2.09. The van der Waals surface area contributed by atoms with E-state index in [-0.39, 0.29) is 0 Å². The minimum absolute atomic E-state index is 0.332. The maximum absolute atomic E-state index is 12.1. The number of benzene rings is 2.